The Bertz CT molecular complexity index is 267. The first-order valence-corrected chi connectivity index (χ1v) is 5.74. The van der Waals surface area contributed by atoms with Gasteiger partial charge in [-0.3, -0.25) is 14.4 Å². The predicted molar refractivity (Wildman–Crippen MR) is 57.4 cm³/mol. The first-order chi connectivity index (χ1) is 7.60. The summed E-state index contributed by atoms with van der Waals surface area (Å²) in [6.07, 6.45) is 2.16. The summed E-state index contributed by atoms with van der Waals surface area (Å²) < 4.78 is 0. The van der Waals surface area contributed by atoms with Gasteiger partial charge >= 0.3 is 5.97 Å². The maximum Gasteiger partial charge on any atom is 0.307 e. The Morgan fingerprint density at radius 2 is 1.94 bits per heavy atom. The zero-order valence-electron chi connectivity index (χ0n) is 9.73. The number of carbonyl (C=O) groups is 2. The molecule has 3 atom stereocenters. The van der Waals surface area contributed by atoms with Gasteiger partial charge in [0.25, 0.3) is 0 Å². The summed E-state index contributed by atoms with van der Waals surface area (Å²) in [4.78, 5) is 27.5. The van der Waals surface area contributed by atoms with Crippen LogP contribution in [0, 0.1) is 17.8 Å². The first kappa shape index (κ1) is 13.0. The zero-order valence-corrected chi connectivity index (χ0v) is 9.73. The molecular weight excluding hydrogens is 210 g/mol. The van der Waals surface area contributed by atoms with E-state index in [1.165, 1.54) is 0 Å². The van der Waals surface area contributed by atoms with Gasteiger partial charge in [0.1, 0.15) is 0 Å². The molecule has 1 saturated carbocycles. The molecule has 0 saturated heterocycles. The van der Waals surface area contributed by atoms with Gasteiger partial charge in [-0.15, -0.1) is 0 Å². The largest absolute Gasteiger partial charge is 0.481 e. The highest BCUT2D eigenvalue weighted by Gasteiger charge is 2.42. The van der Waals surface area contributed by atoms with Crippen molar-refractivity contribution in [3.8, 4) is 0 Å². The SMILES string of the molecule is CCONC(=O)C1CC(CC)CC1C(=O)O. The third kappa shape index (κ3) is 2.95. The van der Waals surface area contributed by atoms with Crippen LogP contribution in [-0.2, 0) is 14.4 Å². The molecule has 0 bridgehead atoms. The number of carbonyl (C=O) groups excluding carboxylic acids is 1. The minimum atomic E-state index is -0.882. The molecule has 92 valence electrons. The molecule has 0 spiro atoms. The molecule has 1 rings (SSSR count). The molecule has 1 fully saturated rings. The van der Waals surface area contributed by atoms with Crippen LogP contribution in [0.2, 0.25) is 0 Å². The van der Waals surface area contributed by atoms with E-state index in [-0.39, 0.29) is 5.91 Å². The number of hydrogen-bond acceptors (Lipinski definition) is 3. The number of carboxylic acids is 1. The van der Waals surface area contributed by atoms with Crippen molar-refractivity contribution < 1.29 is 19.5 Å². The van der Waals surface area contributed by atoms with E-state index in [9.17, 15) is 9.59 Å². The third-order valence-corrected chi connectivity index (χ3v) is 3.21. The Hall–Kier alpha value is -1.10. The van der Waals surface area contributed by atoms with Gasteiger partial charge in [0.05, 0.1) is 18.4 Å². The monoisotopic (exact) mass is 229 g/mol. The van der Waals surface area contributed by atoms with Gasteiger partial charge in [-0.25, -0.2) is 5.48 Å². The molecule has 5 heteroatoms. The number of rotatable bonds is 5. The van der Waals surface area contributed by atoms with Crippen molar-refractivity contribution in [1.82, 2.24) is 5.48 Å². The van der Waals surface area contributed by atoms with E-state index in [1.54, 1.807) is 6.92 Å². The lowest BCUT2D eigenvalue weighted by Crippen LogP contribution is -2.35. The van der Waals surface area contributed by atoms with Gasteiger partial charge in [-0.1, -0.05) is 13.3 Å². The summed E-state index contributed by atoms with van der Waals surface area (Å²) >= 11 is 0. The highest BCUT2D eigenvalue weighted by atomic mass is 16.6. The van der Waals surface area contributed by atoms with Gasteiger partial charge in [-0.2, -0.15) is 0 Å². The Morgan fingerprint density at radius 3 is 2.44 bits per heavy atom. The molecule has 0 heterocycles. The molecule has 0 aromatic heterocycles. The van der Waals surface area contributed by atoms with E-state index in [4.69, 9.17) is 9.94 Å². The Morgan fingerprint density at radius 1 is 1.31 bits per heavy atom. The fourth-order valence-electron chi connectivity index (χ4n) is 2.26. The quantitative estimate of drug-likeness (QED) is 0.694. The van der Waals surface area contributed by atoms with E-state index < -0.39 is 17.8 Å². The lowest BCUT2D eigenvalue weighted by molar-refractivity contribution is -0.149. The molecule has 0 aromatic rings. The molecule has 1 aliphatic carbocycles. The average molecular weight is 229 g/mol. The normalized spacial score (nSPS) is 29.0. The highest BCUT2D eigenvalue weighted by molar-refractivity contribution is 5.84. The van der Waals surface area contributed by atoms with Crippen molar-refractivity contribution in [2.75, 3.05) is 6.61 Å². The Balaban J connectivity index is 2.61. The van der Waals surface area contributed by atoms with Crippen molar-refractivity contribution in [2.45, 2.75) is 33.1 Å². The Labute approximate surface area is 95.1 Å². The van der Waals surface area contributed by atoms with E-state index in [0.717, 1.165) is 6.42 Å². The molecule has 1 aliphatic rings. The molecule has 2 N–H and O–H groups in total. The van der Waals surface area contributed by atoms with E-state index >= 15 is 0 Å². The predicted octanol–water partition coefficient (Wildman–Crippen LogP) is 1.19. The number of aliphatic carboxylic acids is 1. The number of hydroxylamine groups is 1. The third-order valence-electron chi connectivity index (χ3n) is 3.21. The van der Waals surface area contributed by atoms with Gasteiger partial charge in [0.15, 0.2) is 0 Å². The maximum absolute atomic E-state index is 11.7. The van der Waals surface area contributed by atoms with Gasteiger partial charge < -0.3 is 5.11 Å². The van der Waals surface area contributed by atoms with Crippen LogP contribution in [-0.4, -0.2) is 23.6 Å². The van der Waals surface area contributed by atoms with Crippen LogP contribution in [0.1, 0.15) is 33.1 Å². The molecule has 3 unspecified atom stereocenters. The smallest absolute Gasteiger partial charge is 0.307 e. The van der Waals surface area contributed by atoms with Crippen LogP contribution in [0.15, 0.2) is 0 Å². The number of carboxylic acid groups (broad SMARTS) is 1. The van der Waals surface area contributed by atoms with Crippen LogP contribution < -0.4 is 5.48 Å². The summed E-state index contributed by atoms with van der Waals surface area (Å²) in [5.74, 6) is -1.87. The lowest BCUT2D eigenvalue weighted by Gasteiger charge is -2.14. The van der Waals surface area contributed by atoms with Crippen LogP contribution in [0.3, 0.4) is 0 Å². The fraction of sp³-hybridized carbons (Fsp3) is 0.818. The lowest BCUT2D eigenvalue weighted by atomic mass is 9.96. The minimum Gasteiger partial charge on any atom is -0.481 e. The number of amides is 1. The van der Waals surface area contributed by atoms with Crippen LogP contribution >= 0.6 is 0 Å². The Kier molecular flexibility index (Phi) is 4.73. The van der Waals surface area contributed by atoms with Crippen LogP contribution in [0.4, 0.5) is 0 Å². The molecule has 5 nitrogen and oxygen atoms in total. The van der Waals surface area contributed by atoms with Crippen molar-refractivity contribution in [3.63, 3.8) is 0 Å². The van der Waals surface area contributed by atoms with Crippen molar-refractivity contribution in [3.05, 3.63) is 0 Å². The second kappa shape index (κ2) is 5.84. The summed E-state index contributed by atoms with van der Waals surface area (Å²) in [6.45, 7) is 4.16. The second-order valence-electron chi connectivity index (χ2n) is 4.20. The van der Waals surface area contributed by atoms with Gasteiger partial charge in [-0.05, 0) is 25.7 Å². The van der Waals surface area contributed by atoms with Crippen molar-refractivity contribution in [1.29, 1.82) is 0 Å². The topological polar surface area (TPSA) is 75.6 Å². The standard InChI is InChI=1S/C11H19NO4/c1-3-7-5-8(9(6-7)11(14)15)10(13)12-16-4-2/h7-9H,3-6H2,1-2H3,(H,12,13)(H,14,15). The summed E-state index contributed by atoms with van der Waals surface area (Å²) in [7, 11) is 0. The van der Waals surface area contributed by atoms with Gasteiger partial charge in [0, 0.05) is 0 Å². The molecule has 1 amide bonds. The maximum atomic E-state index is 11.7. The van der Waals surface area contributed by atoms with E-state index in [1.807, 2.05) is 6.92 Å². The second-order valence-corrected chi connectivity index (χ2v) is 4.20. The van der Waals surface area contributed by atoms with E-state index in [2.05, 4.69) is 5.48 Å². The molecule has 0 aromatic carbocycles. The highest BCUT2D eigenvalue weighted by Crippen LogP contribution is 2.38. The van der Waals surface area contributed by atoms with Gasteiger partial charge in [0.2, 0.25) is 5.91 Å². The van der Waals surface area contributed by atoms with Crippen LogP contribution in [0.5, 0.6) is 0 Å². The van der Waals surface area contributed by atoms with Crippen LogP contribution in [0.25, 0.3) is 0 Å². The van der Waals surface area contributed by atoms with E-state index in [0.29, 0.717) is 25.4 Å². The first-order valence-electron chi connectivity index (χ1n) is 5.74. The molecule has 16 heavy (non-hydrogen) atoms. The zero-order chi connectivity index (χ0) is 12.1. The van der Waals surface area contributed by atoms with Crippen molar-refractivity contribution >= 4 is 11.9 Å². The summed E-state index contributed by atoms with van der Waals surface area (Å²) in [5, 5.41) is 9.05. The molecular formula is C11H19NO4. The number of nitrogens with one attached hydrogen (secondary N) is 1. The molecule has 0 aliphatic heterocycles. The summed E-state index contributed by atoms with van der Waals surface area (Å²) in [5.41, 5.74) is 2.30. The van der Waals surface area contributed by atoms with Crippen molar-refractivity contribution in [2.24, 2.45) is 17.8 Å². The minimum absolute atomic E-state index is 0.301. The number of hydrogen-bond donors (Lipinski definition) is 2. The summed E-state index contributed by atoms with van der Waals surface area (Å²) in [6, 6.07) is 0. The molecule has 0 radical (unpaired) electrons. The fourth-order valence-corrected chi connectivity index (χ4v) is 2.26. The average Bonchev–Trinajstić information content (AvgIpc) is 2.70.